The van der Waals surface area contributed by atoms with Gasteiger partial charge in [-0.1, -0.05) is 146 Å². The second kappa shape index (κ2) is 20.8. The molecule has 0 fully saturated rings. The molecule has 0 saturated heterocycles. The van der Waals surface area contributed by atoms with Crippen LogP contribution in [0, 0.1) is 0 Å². The summed E-state index contributed by atoms with van der Waals surface area (Å²) in [5.41, 5.74) is 0.710. The molecule has 0 atom stereocenters. The van der Waals surface area contributed by atoms with Gasteiger partial charge in [0.05, 0.1) is 10.0 Å². The number of hydrogen-bond acceptors (Lipinski definition) is 1. The zero-order valence-electron chi connectivity index (χ0n) is 20.5. The Morgan fingerprint density at radius 3 is 1.44 bits per heavy atom. The predicted octanol–water partition coefficient (Wildman–Crippen LogP) is 10.8. The van der Waals surface area contributed by atoms with Gasteiger partial charge in [0.2, 0.25) is 5.91 Å². The maximum absolute atomic E-state index is 12.0. The van der Waals surface area contributed by atoms with E-state index in [2.05, 4.69) is 12.2 Å². The molecule has 32 heavy (non-hydrogen) atoms. The van der Waals surface area contributed by atoms with E-state index in [4.69, 9.17) is 23.2 Å². The third-order valence-electron chi connectivity index (χ3n) is 6.21. The third-order valence-corrected chi connectivity index (χ3v) is 6.95. The fraction of sp³-hybridized carbons (Fsp3) is 0.750. The molecule has 1 rings (SSSR count). The monoisotopic (exact) mass is 483 g/mol. The normalized spacial score (nSPS) is 11.1. The number of unbranched alkanes of at least 4 members (excludes halogenated alkanes) is 18. The highest BCUT2D eigenvalue weighted by atomic mass is 35.5. The van der Waals surface area contributed by atoms with Crippen molar-refractivity contribution >= 4 is 34.8 Å². The minimum Gasteiger partial charge on any atom is -0.326 e. The fourth-order valence-corrected chi connectivity index (χ4v) is 4.46. The number of hydrogen-bond donors (Lipinski definition) is 1. The van der Waals surface area contributed by atoms with Gasteiger partial charge in [0.15, 0.2) is 0 Å². The van der Waals surface area contributed by atoms with E-state index in [1.165, 1.54) is 109 Å². The number of rotatable bonds is 21. The van der Waals surface area contributed by atoms with Crippen molar-refractivity contribution in [2.45, 2.75) is 135 Å². The molecule has 2 nitrogen and oxygen atoms in total. The quantitative estimate of drug-likeness (QED) is 0.173. The predicted molar refractivity (Wildman–Crippen MR) is 143 cm³/mol. The second-order valence-corrected chi connectivity index (χ2v) is 10.1. The minimum absolute atomic E-state index is 0.0513. The third kappa shape index (κ3) is 16.8. The van der Waals surface area contributed by atoms with Crippen molar-refractivity contribution in [3.63, 3.8) is 0 Å². The van der Waals surface area contributed by atoms with Crippen LogP contribution in [0.5, 0.6) is 0 Å². The summed E-state index contributed by atoms with van der Waals surface area (Å²) in [4.78, 5) is 12.0. The number of halogens is 2. The van der Waals surface area contributed by atoms with Gasteiger partial charge in [0.25, 0.3) is 0 Å². The van der Waals surface area contributed by atoms with E-state index in [1.807, 2.05) is 0 Å². The van der Waals surface area contributed by atoms with Gasteiger partial charge in [-0.2, -0.15) is 0 Å². The van der Waals surface area contributed by atoms with Gasteiger partial charge in [0.1, 0.15) is 0 Å². The summed E-state index contributed by atoms with van der Waals surface area (Å²) in [7, 11) is 0. The van der Waals surface area contributed by atoms with Crippen molar-refractivity contribution < 1.29 is 4.79 Å². The Morgan fingerprint density at radius 2 is 1.03 bits per heavy atom. The Morgan fingerprint density at radius 1 is 0.625 bits per heavy atom. The summed E-state index contributed by atoms with van der Waals surface area (Å²) in [6, 6.07) is 5.18. The Hall–Kier alpha value is -0.730. The van der Waals surface area contributed by atoms with Gasteiger partial charge in [0, 0.05) is 12.1 Å². The number of anilines is 1. The SMILES string of the molecule is CCCCCCCCCCCCCCCCCCCCCC(=O)Nc1ccc(Cl)c(Cl)c1. The average Bonchev–Trinajstić information content (AvgIpc) is 2.78. The smallest absolute Gasteiger partial charge is 0.224 e. The van der Waals surface area contributed by atoms with E-state index in [0.717, 1.165) is 12.8 Å². The molecule has 1 aromatic carbocycles. The molecule has 1 amide bonds. The first-order valence-electron chi connectivity index (χ1n) is 13.4. The molecular weight excluding hydrogens is 437 g/mol. The lowest BCUT2D eigenvalue weighted by molar-refractivity contribution is -0.116. The van der Waals surface area contributed by atoms with Crippen LogP contribution in [0.25, 0.3) is 0 Å². The topological polar surface area (TPSA) is 29.1 Å². The number of carbonyl (C=O) groups excluding carboxylic acids is 1. The van der Waals surface area contributed by atoms with Gasteiger partial charge in [-0.05, 0) is 24.6 Å². The van der Waals surface area contributed by atoms with Crippen LogP contribution in [0.2, 0.25) is 10.0 Å². The molecule has 4 heteroatoms. The van der Waals surface area contributed by atoms with E-state index in [1.54, 1.807) is 18.2 Å². The lowest BCUT2D eigenvalue weighted by Gasteiger charge is -2.06. The van der Waals surface area contributed by atoms with Crippen LogP contribution in [0.1, 0.15) is 135 Å². The number of benzene rings is 1. The van der Waals surface area contributed by atoms with Crippen molar-refractivity contribution in [2.75, 3.05) is 5.32 Å². The summed E-state index contributed by atoms with van der Waals surface area (Å²) in [5.74, 6) is 0.0513. The van der Waals surface area contributed by atoms with E-state index in [0.29, 0.717) is 22.2 Å². The summed E-state index contributed by atoms with van der Waals surface area (Å²) < 4.78 is 0. The molecule has 0 aromatic heterocycles. The highest BCUT2D eigenvalue weighted by Gasteiger charge is 2.04. The zero-order chi connectivity index (χ0) is 23.3. The lowest BCUT2D eigenvalue weighted by Crippen LogP contribution is -2.10. The lowest BCUT2D eigenvalue weighted by atomic mass is 10.0. The molecule has 0 aliphatic rings. The van der Waals surface area contributed by atoms with Gasteiger partial charge in [-0.25, -0.2) is 0 Å². The van der Waals surface area contributed by atoms with Crippen molar-refractivity contribution in [1.29, 1.82) is 0 Å². The Labute approximate surface area is 208 Å². The largest absolute Gasteiger partial charge is 0.326 e. The molecule has 0 bridgehead atoms. The maximum atomic E-state index is 12.0. The summed E-state index contributed by atoms with van der Waals surface area (Å²) in [6.07, 6.45) is 26.4. The number of amides is 1. The van der Waals surface area contributed by atoms with Crippen LogP contribution in [0.3, 0.4) is 0 Å². The van der Waals surface area contributed by atoms with E-state index in [-0.39, 0.29) is 5.91 Å². The van der Waals surface area contributed by atoms with Crippen molar-refractivity contribution in [1.82, 2.24) is 0 Å². The molecule has 0 aliphatic carbocycles. The van der Waals surface area contributed by atoms with E-state index in [9.17, 15) is 4.79 Å². The van der Waals surface area contributed by atoms with Gasteiger partial charge in [-0.15, -0.1) is 0 Å². The molecule has 0 saturated carbocycles. The molecular formula is C28H47Cl2NO. The highest BCUT2D eigenvalue weighted by molar-refractivity contribution is 6.42. The van der Waals surface area contributed by atoms with Gasteiger partial charge in [-0.3, -0.25) is 4.79 Å². The second-order valence-electron chi connectivity index (χ2n) is 9.29. The molecule has 0 unspecified atom stereocenters. The fourth-order valence-electron chi connectivity index (χ4n) is 4.16. The van der Waals surface area contributed by atoms with E-state index >= 15 is 0 Å². The van der Waals surface area contributed by atoms with Gasteiger partial charge >= 0.3 is 0 Å². The van der Waals surface area contributed by atoms with Crippen molar-refractivity contribution in [2.24, 2.45) is 0 Å². The Kier molecular flexibility index (Phi) is 19.1. The highest BCUT2D eigenvalue weighted by Crippen LogP contribution is 2.25. The first-order valence-corrected chi connectivity index (χ1v) is 14.1. The standard InChI is InChI=1S/C28H47Cl2NO/c1-2-3-4-5-6-7-8-9-10-11-12-13-14-15-16-17-18-19-20-21-28(32)31-25-22-23-26(29)27(30)24-25/h22-24H,2-21H2,1H3,(H,31,32). The zero-order valence-corrected chi connectivity index (χ0v) is 22.1. The molecule has 184 valence electrons. The van der Waals surface area contributed by atoms with Crippen LogP contribution in [-0.4, -0.2) is 5.91 Å². The first kappa shape index (κ1) is 29.3. The number of carbonyl (C=O) groups is 1. The summed E-state index contributed by atoms with van der Waals surface area (Å²) in [5, 5.41) is 3.86. The van der Waals surface area contributed by atoms with Gasteiger partial charge < -0.3 is 5.32 Å². The van der Waals surface area contributed by atoms with E-state index < -0.39 is 0 Å². The van der Waals surface area contributed by atoms with Crippen LogP contribution >= 0.6 is 23.2 Å². The Bertz CT molecular complexity index is 591. The average molecular weight is 485 g/mol. The number of nitrogens with one attached hydrogen (secondary N) is 1. The van der Waals surface area contributed by atoms with Crippen LogP contribution in [-0.2, 0) is 4.79 Å². The Balaban J connectivity index is 1.79. The summed E-state index contributed by atoms with van der Waals surface area (Å²) >= 11 is 11.9. The molecule has 1 aromatic rings. The molecule has 0 spiro atoms. The molecule has 0 radical (unpaired) electrons. The maximum Gasteiger partial charge on any atom is 0.224 e. The molecule has 0 aliphatic heterocycles. The van der Waals surface area contributed by atoms with Crippen molar-refractivity contribution in [3.8, 4) is 0 Å². The summed E-state index contributed by atoms with van der Waals surface area (Å²) in [6.45, 7) is 2.29. The van der Waals surface area contributed by atoms with Crippen LogP contribution < -0.4 is 5.32 Å². The molecule has 1 N–H and O–H groups in total. The first-order chi connectivity index (χ1) is 15.6. The van der Waals surface area contributed by atoms with Crippen molar-refractivity contribution in [3.05, 3.63) is 28.2 Å². The van der Waals surface area contributed by atoms with Crippen LogP contribution in [0.4, 0.5) is 5.69 Å². The van der Waals surface area contributed by atoms with Crippen LogP contribution in [0.15, 0.2) is 18.2 Å². The molecule has 0 heterocycles. The minimum atomic E-state index is 0.0513.